The minimum absolute atomic E-state index is 0. The Balaban J connectivity index is 0.000000601. The van der Waals surface area contributed by atoms with Crippen LogP contribution < -0.4 is 29.5 Å². The van der Waals surface area contributed by atoms with E-state index in [0.29, 0.717) is 22.0 Å². The largest absolute Gasteiger partial charge is 1.00 e. The zero-order valence-electron chi connectivity index (χ0n) is 26.0. The van der Waals surface area contributed by atoms with Crippen LogP contribution in [0, 0.1) is 24.7 Å². The second-order valence-electron chi connectivity index (χ2n) is 12.0. The van der Waals surface area contributed by atoms with E-state index in [0.717, 1.165) is 11.1 Å². The fraction of sp³-hybridized carbons (Fsp3) is 0.467. The van der Waals surface area contributed by atoms with Crippen molar-refractivity contribution in [3.05, 3.63) is 84.0 Å². The van der Waals surface area contributed by atoms with Gasteiger partial charge in [0.05, 0.1) is 9.79 Å². The van der Waals surface area contributed by atoms with Crippen LogP contribution in [0.3, 0.4) is 0 Å². The Morgan fingerprint density at radius 1 is 0.643 bits per heavy atom. The molecule has 0 bridgehead atoms. The number of fused-ring (bicyclic) bond motifs is 1. The molecule has 3 heterocycles. The van der Waals surface area contributed by atoms with Gasteiger partial charge in [-0.05, 0) is 49.3 Å². The zero-order chi connectivity index (χ0) is 29.3. The number of hydrogen-bond donors (Lipinski definition) is 2. The predicted octanol–water partition coefficient (Wildman–Crippen LogP) is -0.751. The first-order chi connectivity index (χ1) is 18.7. The van der Waals surface area contributed by atoms with Crippen LogP contribution in [-0.2, 0) is 20.0 Å². The predicted molar refractivity (Wildman–Crippen MR) is 171 cm³/mol. The topological polar surface area (TPSA) is 98.8 Å². The summed E-state index contributed by atoms with van der Waals surface area (Å²) >= 11 is 0. The van der Waals surface area contributed by atoms with Gasteiger partial charge in [-0.1, -0.05) is 62.4 Å². The fourth-order valence-corrected chi connectivity index (χ4v) is 8.44. The zero-order valence-corrected chi connectivity index (χ0v) is 26.7. The summed E-state index contributed by atoms with van der Waals surface area (Å²) < 4.78 is 55.0. The summed E-state index contributed by atoms with van der Waals surface area (Å²) in [5.41, 5.74) is 3.96. The first kappa shape index (κ1) is 37.0. The summed E-state index contributed by atoms with van der Waals surface area (Å²) in [5, 5.41) is 6.93. The summed E-state index contributed by atoms with van der Waals surface area (Å²) in [7, 11) is -7.50. The molecule has 3 saturated heterocycles. The standard InChI is InChI=1S/C22H26N2O4S2.C8H16N2.Al.Li.4H/c1-17-5-9-21(10-6-17)29(25,26)23-13-19(3)15-24(16-20(4)14-23)30(27,28)22-11-7-18(2)8-12-22;1-7-3-9-5-8(7,2)6-10-4-7;;;;;;/h5-12H,3-4,13-16H2,1-2H3;9-10H,3-6H2,1-2H3;;;;;;/q;;;+1;;;;-1. The van der Waals surface area contributed by atoms with Gasteiger partial charge < -0.3 is 12.1 Å². The first-order valence-electron chi connectivity index (χ1n) is 13.5. The average molecular weight is 625 g/mol. The second-order valence-corrected chi connectivity index (χ2v) is 15.9. The Labute approximate surface area is 276 Å². The molecule has 0 saturated carbocycles. The summed E-state index contributed by atoms with van der Waals surface area (Å²) in [6.45, 7) is 21.3. The summed E-state index contributed by atoms with van der Waals surface area (Å²) in [6.07, 6.45) is 0. The van der Waals surface area contributed by atoms with Gasteiger partial charge in [0.15, 0.2) is 17.4 Å². The molecule has 0 spiro atoms. The summed E-state index contributed by atoms with van der Waals surface area (Å²) in [4.78, 5) is 0.386. The van der Waals surface area contributed by atoms with Gasteiger partial charge in [0.25, 0.3) is 0 Å². The van der Waals surface area contributed by atoms with Crippen molar-refractivity contribution in [3.63, 3.8) is 0 Å². The molecule has 8 nitrogen and oxygen atoms in total. The quantitative estimate of drug-likeness (QED) is 0.344. The van der Waals surface area contributed by atoms with Gasteiger partial charge in [-0.15, -0.1) is 0 Å². The van der Waals surface area contributed by atoms with Crippen molar-refractivity contribution in [3.8, 4) is 0 Å². The maximum absolute atomic E-state index is 13.1. The SMILES string of the molecule is C=C1CN(S(=O)(=O)c2ccc(C)cc2)CC(=C)CN(S(=O)(=O)c2ccc(C)cc2)C1.CC12CNCC1(C)CNC2.[AlH3].[H-].[Li+]. The molecular formula is C30H46AlLiN4O4S2. The van der Waals surface area contributed by atoms with Crippen molar-refractivity contribution >= 4 is 37.4 Å². The van der Waals surface area contributed by atoms with E-state index in [1.165, 1.54) is 34.8 Å². The maximum Gasteiger partial charge on any atom is 1.00 e. The molecule has 0 unspecified atom stereocenters. The molecule has 2 N–H and O–H groups in total. The minimum Gasteiger partial charge on any atom is -1.00 e. The Hall–Kier alpha value is -1.21. The third kappa shape index (κ3) is 7.89. The number of hydrogen-bond acceptors (Lipinski definition) is 6. The van der Waals surface area contributed by atoms with Crippen molar-refractivity contribution in [2.75, 3.05) is 52.4 Å². The molecule has 0 amide bonds. The van der Waals surface area contributed by atoms with E-state index >= 15 is 0 Å². The fourth-order valence-electron chi connectivity index (χ4n) is 5.48. The van der Waals surface area contributed by atoms with Crippen molar-refractivity contribution in [2.45, 2.75) is 37.5 Å². The monoisotopic (exact) mass is 624 g/mol. The first-order valence-corrected chi connectivity index (χ1v) is 16.4. The third-order valence-corrected chi connectivity index (χ3v) is 12.0. The molecule has 3 fully saturated rings. The molecule has 2 aromatic rings. The van der Waals surface area contributed by atoms with Gasteiger partial charge in [-0.3, -0.25) is 0 Å². The van der Waals surface area contributed by atoms with Gasteiger partial charge in [0.1, 0.15) is 0 Å². The van der Waals surface area contributed by atoms with Crippen molar-refractivity contribution in [2.24, 2.45) is 10.8 Å². The van der Waals surface area contributed by atoms with Crippen LogP contribution in [0.25, 0.3) is 0 Å². The van der Waals surface area contributed by atoms with Crippen LogP contribution in [-0.4, -0.2) is 95.2 Å². The molecule has 3 aliphatic heterocycles. The van der Waals surface area contributed by atoms with E-state index in [2.05, 4.69) is 37.6 Å². The Morgan fingerprint density at radius 2 is 0.905 bits per heavy atom. The average Bonchev–Trinajstić information content (AvgIpc) is 3.32. The Bertz CT molecular complexity index is 1350. The minimum atomic E-state index is -3.75. The molecule has 0 aliphatic carbocycles. The van der Waals surface area contributed by atoms with Crippen LogP contribution in [0.4, 0.5) is 0 Å². The van der Waals surface area contributed by atoms with E-state index in [4.69, 9.17) is 0 Å². The smallest absolute Gasteiger partial charge is 1.00 e. The van der Waals surface area contributed by atoms with Crippen LogP contribution >= 0.6 is 0 Å². The molecule has 2 aromatic carbocycles. The van der Waals surface area contributed by atoms with Crippen molar-refractivity contribution < 1.29 is 37.1 Å². The van der Waals surface area contributed by atoms with Gasteiger partial charge >= 0.3 is 18.9 Å². The normalized spacial score (nSPS) is 25.2. The maximum atomic E-state index is 13.1. The number of rotatable bonds is 4. The number of nitrogens with zero attached hydrogens (tertiary/aromatic N) is 2. The molecule has 42 heavy (non-hydrogen) atoms. The Morgan fingerprint density at radius 3 is 1.17 bits per heavy atom. The molecule has 0 radical (unpaired) electrons. The third-order valence-electron chi connectivity index (χ3n) is 8.44. The van der Waals surface area contributed by atoms with E-state index in [1.54, 1.807) is 48.5 Å². The van der Waals surface area contributed by atoms with Crippen LogP contribution in [0.2, 0.25) is 0 Å². The number of aryl methyl sites for hydroxylation is 2. The van der Waals surface area contributed by atoms with Gasteiger partial charge in [-0.2, -0.15) is 8.61 Å². The van der Waals surface area contributed by atoms with E-state index in [-0.39, 0.29) is 73.6 Å². The molecule has 3 aliphatic rings. The molecule has 12 heteroatoms. The van der Waals surface area contributed by atoms with Gasteiger partial charge in [-0.25, -0.2) is 16.8 Å². The van der Waals surface area contributed by atoms with E-state index < -0.39 is 20.0 Å². The van der Waals surface area contributed by atoms with Crippen LogP contribution in [0.5, 0.6) is 0 Å². The number of nitrogens with one attached hydrogen (secondary N) is 2. The van der Waals surface area contributed by atoms with Gasteiger partial charge in [0, 0.05) is 63.2 Å². The van der Waals surface area contributed by atoms with Crippen molar-refractivity contribution in [1.82, 2.24) is 19.2 Å². The van der Waals surface area contributed by atoms with Crippen molar-refractivity contribution in [1.29, 1.82) is 0 Å². The molecule has 0 aromatic heterocycles. The van der Waals surface area contributed by atoms with Gasteiger partial charge in [0.2, 0.25) is 20.0 Å². The molecule has 226 valence electrons. The molecule has 5 rings (SSSR count). The van der Waals surface area contributed by atoms with Crippen LogP contribution in [0.1, 0.15) is 26.4 Å². The van der Waals surface area contributed by atoms with Crippen LogP contribution in [0.15, 0.2) is 82.6 Å². The number of benzene rings is 2. The van der Waals surface area contributed by atoms with E-state index in [1.807, 2.05) is 13.8 Å². The van der Waals surface area contributed by atoms with E-state index in [9.17, 15) is 16.8 Å². The second kappa shape index (κ2) is 14.3. The molecule has 0 atom stereocenters. The number of sulfonamides is 2. The summed E-state index contributed by atoms with van der Waals surface area (Å²) in [6, 6.07) is 13.3. The summed E-state index contributed by atoms with van der Waals surface area (Å²) in [5.74, 6) is 0. The molecular weight excluding hydrogens is 578 g/mol. The Kier molecular flexibility index (Phi) is 12.6.